The lowest BCUT2D eigenvalue weighted by molar-refractivity contribution is -0.139. The van der Waals surface area contributed by atoms with Crippen molar-refractivity contribution in [2.45, 2.75) is 109 Å². The molecule has 3 rings (SSSR count). The average Bonchev–Trinajstić information content (AvgIpc) is 3.15. The number of carbonyl (C=O) groups is 5. The molecule has 0 bridgehead atoms. The maximum atomic E-state index is 13.8. The summed E-state index contributed by atoms with van der Waals surface area (Å²) in [7, 11) is 5.14. The van der Waals surface area contributed by atoms with E-state index in [2.05, 4.69) is 31.3 Å². The molecule has 0 fully saturated rings. The molecule has 55 heavy (non-hydrogen) atoms. The van der Waals surface area contributed by atoms with Gasteiger partial charge in [-0.15, -0.1) is 0 Å². The minimum Gasteiger partial charge on any atom is -0.352 e. The van der Waals surface area contributed by atoms with Crippen LogP contribution in [0, 0.1) is 5.41 Å². The summed E-state index contributed by atoms with van der Waals surface area (Å²) in [4.78, 5) is 67.3. The summed E-state index contributed by atoms with van der Waals surface area (Å²) in [5.74, 6) is -0.965. The number of rotatable bonds is 18. The molecule has 8 N–H and O–H groups in total. The van der Waals surface area contributed by atoms with Crippen molar-refractivity contribution in [1.29, 1.82) is 0 Å². The quantitative estimate of drug-likeness (QED) is 0.0668. The van der Waals surface area contributed by atoms with Gasteiger partial charge >= 0.3 is 6.03 Å². The van der Waals surface area contributed by atoms with E-state index in [0.717, 1.165) is 53.0 Å². The summed E-state index contributed by atoms with van der Waals surface area (Å²) in [6, 6.07) is 11.2. The van der Waals surface area contributed by atoms with Crippen LogP contribution in [0.25, 0.3) is 0 Å². The second-order valence-corrected chi connectivity index (χ2v) is 16.6. The molecule has 2 aromatic rings. The van der Waals surface area contributed by atoms with Crippen molar-refractivity contribution in [1.82, 2.24) is 30.9 Å². The van der Waals surface area contributed by atoms with Crippen LogP contribution in [0.4, 0.5) is 10.5 Å². The number of nitrogens with zero attached hydrogens (tertiary/aromatic N) is 1. The second-order valence-electron chi connectivity index (χ2n) is 15.8. The lowest BCUT2D eigenvalue weighted by Gasteiger charge is -2.38. The van der Waals surface area contributed by atoms with Crippen molar-refractivity contribution in [2.75, 3.05) is 39.5 Å². The number of urea groups is 1. The molecule has 302 valence electrons. The third-order valence-corrected chi connectivity index (χ3v) is 11.1. The molecule has 1 aliphatic rings. The Hall–Kier alpha value is -4.40. The van der Waals surface area contributed by atoms with Crippen LogP contribution in [0.5, 0.6) is 0 Å². The third kappa shape index (κ3) is 12.6. The van der Waals surface area contributed by atoms with Gasteiger partial charge in [0.15, 0.2) is 0 Å². The molecular formula is C41H62N8O5S. The zero-order valence-corrected chi connectivity index (χ0v) is 34.8. The zero-order valence-electron chi connectivity index (χ0n) is 34.0. The number of carbonyl (C=O) groups excluding carboxylic acids is 5. The first-order valence-electron chi connectivity index (χ1n) is 19.0. The van der Waals surface area contributed by atoms with Gasteiger partial charge in [-0.05, 0) is 106 Å². The van der Waals surface area contributed by atoms with Crippen molar-refractivity contribution < 1.29 is 24.0 Å². The van der Waals surface area contributed by atoms with Crippen molar-refractivity contribution in [3.05, 3.63) is 70.8 Å². The smallest absolute Gasteiger partial charge is 0.312 e. The lowest BCUT2D eigenvalue weighted by Crippen LogP contribution is -2.60. The lowest BCUT2D eigenvalue weighted by atomic mass is 9.76. The van der Waals surface area contributed by atoms with Gasteiger partial charge in [0.25, 0.3) is 5.91 Å². The van der Waals surface area contributed by atoms with E-state index < -0.39 is 35.0 Å². The first-order valence-corrected chi connectivity index (χ1v) is 19.8. The highest BCUT2D eigenvalue weighted by atomic mass is 32.2. The number of hydrogen-bond acceptors (Lipinski definition) is 8. The van der Waals surface area contributed by atoms with Crippen LogP contribution in [0.1, 0.15) is 83.9 Å². The van der Waals surface area contributed by atoms with E-state index in [0.29, 0.717) is 25.0 Å². The van der Waals surface area contributed by atoms with Gasteiger partial charge in [0.1, 0.15) is 6.04 Å². The van der Waals surface area contributed by atoms with Gasteiger partial charge in [-0.2, -0.15) is 0 Å². The summed E-state index contributed by atoms with van der Waals surface area (Å²) in [6.07, 6.45) is 6.48. The minimum atomic E-state index is -0.806. The van der Waals surface area contributed by atoms with E-state index in [1.807, 2.05) is 77.1 Å². The Morgan fingerprint density at radius 1 is 0.891 bits per heavy atom. The van der Waals surface area contributed by atoms with Crippen LogP contribution in [-0.4, -0.2) is 86.9 Å². The van der Waals surface area contributed by atoms with Gasteiger partial charge < -0.3 is 37.2 Å². The van der Waals surface area contributed by atoms with Gasteiger partial charge in [0, 0.05) is 41.7 Å². The van der Waals surface area contributed by atoms with Crippen molar-refractivity contribution in [2.24, 2.45) is 11.1 Å². The van der Waals surface area contributed by atoms with E-state index >= 15 is 0 Å². The average molecular weight is 779 g/mol. The van der Waals surface area contributed by atoms with Gasteiger partial charge in [-0.1, -0.05) is 71.0 Å². The number of anilines is 1. The summed E-state index contributed by atoms with van der Waals surface area (Å²) >= 11 is 1.24. The monoisotopic (exact) mass is 778 g/mol. The topological polar surface area (TPSA) is 187 Å². The molecule has 0 radical (unpaired) electrons. The van der Waals surface area contributed by atoms with Crippen LogP contribution < -0.4 is 37.0 Å². The van der Waals surface area contributed by atoms with Crippen LogP contribution in [0.2, 0.25) is 0 Å². The Labute approximate surface area is 331 Å². The number of amides is 6. The van der Waals surface area contributed by atoms with Crippen LogP contribution in [0.15, 0.2) is 59.0 Å². The van der Waals surface area contributed by atoms with E-state index in [4.69, 9.17) is 5.73 Å². The van der Waals surface area contributed by atoms with Gasteiger partial charge in [0.05, 0.1) is 12.1 Å². The predicted molar refractivity (Wildman–Crippen MR) is 220 cm³/mol. The third-order valence-electron chi connectivity index (χ3n) is 10.2. The molecule has 14 heteroatoms. The SMILES string of the molecule is CNC(CCCNC(N)=O)C(=O)Nc1ccc(SNC(=O)/C(C)=C/CN(C)C(=O)C(NC(=O)C(NC)C(C)(C)c2ccccc2)C(C)(C)C)c2c1CCCC2. The van der Waals surface area contributed by atoms with Gasteiger partial charge in [0.2, 0.25) is 17.7 Å². The number of benzene rings is 2. The number of fused-ring (bicyclic) bond motifs is 1. The summed E-state index contributed by atoms with van der Waals surface area (Å²) in [5, 5.41) is 14.9. The number of nitrogens with one attached hydrogen (secondary N) is 6. The van der Waals surface area contributed by atoms with Crippen molar-refractivity contribution >= 4 is 47.3 Å². The molecule has 13 nitrogen and oxygen atoms in total. The molecular weight excluding hydrogens is 717 g/mol. The molecule has 0 saturated carbocycles. The molecule has 0 spiro atoms. The van der Waals surface area contributed by atoms with Crippen LogP contribution in [0.3, 0.4) is 0 Å². The fourth-order valence-electron chi connectivity index (χ4n) is 6.78. The first-order chi connectivity index (χ1) is 25.9. The second kappa shape index (κ2) is 20.5. The highest BCUT2D eigenvalue weighted by molar-refractivity contribution is 7.98. The minimum absolute atomic E-state index is 0.155. The first kappa shape index (κ1) is 45.0. The fourth-order valence-corrected chi connectivity index (χ4v) is 7.63. The van der Waals surface area contributed by atoms with E-state index in [1.54, 1.807) is 34.1 Å². The molecule has 2 aromatic carbocycles. The molecule has 0 heterocycles. The summed E-state index contributed by atoms with van der Waals surface area (Å²) < 4.78 is 2.95. The van der Waals surface area contributed by atoms with E-state index in [1.165, 1.54) is 16.8 Å². The molecule has 0 aromatic heterocycles. The number of nitrogens with two attached hydrogens (primary N) is 1. The van der Waals surface area contributed by atoms with E-state index in [-0.39, 0.29) is 30.2 Å². The summed E-state index contributed by atoms with van der Waals surface area (Å²) in [5.41, 5.74) is 8.39. The molecule has 3 unspecified atom stereocenters. The Bertz CT molecular complexity index is 1690. The number of primary amides is 1. The van der Waals surface area contributed by atoms with Crippen molar-refractivity contribution in [3.8, 4) is 0 Å². The highest BCUT2D eigenvalue weighted by Crippen LogP contribution is 2.35. The number of likely N-dealkylation sites (N-methyl/N-ethyl adjacent to an activating group) is 3. The maximum Gasteiger partial charge on any atom is 0.312 e. The van der Waals surface area contributed by atoms with Crippen LogP contribution in [-0.2, 0) is 37.4 Å². The molecule has 0 saturated heterocycles. The molecule has 0 aliphatic heterocycles. The fraction of sp³-hybridized carbons (Fsp3) is 0.537. The Balaban J connectivity index is 1.64. The Morgan fingerprint density at radius 2 is 1.55 bits per heavy atom. The maximum absolute atomic E-state index is 13.8. The van der Waals surface area contributed by atoms with Gasteiger partial charge in [-0.3, -0.25) is 23.9 Å². The Morgan fingerprint density at radius 3 is 2.15 bits per heavy atom. The van der Waals surface area contributed by atoms with E-state index in [9.17, 15) is 24.0 Å². The Kier molecular flexibility index (Phi) is 16.8. The normalized spacial score (nSPS) is 14.8. The zero-order chi connectivity index (χ0) is 40.9. The standard InChI is InChI=1S/C41H62N8O5S/c1-26(23-25-49(9)38(53)34(40(2,3)4)47-37(52)33(44-8)41(5,6)27-16-11-10-12-17-27)35(50)48-55-32-22-21-30(28-18-13-14-19-29(28)32)46-36(51)31(43-7)20-15-24-45-39(42)54/h10-12,16-17,21-23,31,33-34,43-44H,13-15,18-20,24-25H2,1-9H3,(H,46,51)(H,47,52)(H,48,50)(H3,42,45,54)/b26-23+. The highest BCUT2D eigenvalue weighted by Gasteiger charge is 2.40. The predicted octanol–water partition coefficient (Wildman–Crippen LogP) is 4.17. The van der Waals surface area contributed by atoms with Crippen molar-refractivity contribution in [3.63, 3.8) is 0 Å². The molecule has 3 atom stereocenters. The largest absolute Gasteiger partial charge is 0.352 e. The number of hydrogen-bond donors (Lipinski definition) is 7. The summed E-state index contributed by atoms with van der Waals surface area (Å²) in [6.45, 7) is 12.0. The molecule has 6 amide bonds. The van der Waals surface area contributed by atoms with Crippen LogP contribution >= 0.6 is 11.9 Å². The van der Waals surface area contributed by atoms with Gasteiger partial charge in [-0.25, -0.2) is 4.79 Å². The molecule has 1 aliphatic carbocycles.